The summed E-state index contributed by atoms with van der Waals surface area (Å²) in [5.41, 5.74) is 8.72. The number of nitrogen functional groups attached to an aromatic ring is 1. The van der Waals surface area contributed by atoms with E-state index >= 15 is 0 Å². The van der Waals surface area contributed by atoms with Gasteiger partial charge in [0.2, 0.25) is 0 Å². The van der Waals surface area contributed by atoms with E-state index in [0.29, 0.717) is 11.7 Å². The summed E-state index contributed by atoms with van der Waals surface area (Å²) < 4.78 is 0. The van der Waals surface area contributed by atoms with Crippen LogP contribution in [0.4, 0.5) is 5.82 Å². The molecule has 26 heavy (non-hydrogen) atoms. The number of H-pyrrole nitrogens is 1. The fourth-order valence-electron chi connectivity index (χ4n) is 4.35. The molecule has 6 nitrogen and oxygen atoms in total. The van der Waals surface area contributed by atoms with Gasteiger partial charge in [0, 0.05) is 37.3 Å². The third-order valence-corrected chi connectivity index (χ3v) is 7.23. The molecule has 0 aromatic carbocycles. The van der Waals surface area contributed by atoms with E-state index in [1.165, 1.54) is 44.2 Å². The number of rotatable bonds is 6. The molecule has 0 bridgehead atoms. The predicted molar refractivity (Wildman–Crippen MR) is 107 cm³/mol. The maximum atomic E-state index is 10.5. The monoisotopic (exact) mass is 375 g/mol. The van der Waals surface area contributed by atoms with Gasteiger partial charge in [-0.2, -0.15) is 11.8 Å². The maximum Gasteiger partial charge on any atom is 0.151 e. The number of nitrogens with zero attached hydrogens (tertiary/aromatic N) is 3. The Kier molecular flexibility index (Phi) is 5.66. The second kappa shape index (κ2) is 8.15. The fourth-order valence-corrected chi connectivity index (χ4v) is 5.78. The Balaban J connectivity index is 1.29. The largest absolute Gasteiger partial charge is 0.391 e. The Bertz CT molecular complexity index is 730. The molecular formula is C19H29N5OS. The van der Waals surface area contributed by atoms with Crippen LogP contribution in [0, 0.1) is 11.8 Å². The number of nitrogens with two attached hydrogens (primary N) is 1. The molecule has 2 fully saturated rings. The first-order valence-electron chi connectivity index (χ1n) is 9.75. The van der Waals surface area contributed by atoms with E-state index in [2.05, 4.69) is 19.9 Å². The van der Waals surface area contributed by atoms with Crippen molar-refractivity contribution in [1.29, 1.82) is 0 Å². The lowest BCUT2D eigenvalue weighted by molar-refractivity contribution is 0.149. The third kappa shape index (κ3) is 4.00. The lowest BCUT2D eigenvalue weighted by Crippen LogP contribution is -2.21. The molecule has 142 valence electrons. The van der Waals surface area contributed by atoms with Crippen LogP contribution in [0.2, 0.25) is 0 Å². The second-order valence-corrected chi connectivity index (χ2v) is 8.93. The van der Waals surface area contributed by atoms with Crippen LogP contribution in [-0.4, -0.2) is 55.7 Å². The van der Waals surface area contributed by atoms with E-state index in [1.807, 2.05) is 18.0 Å². The van der Waals surface area contributed by atoms with Gasteiger partial charge in [0.25, 0.3) is 0 Å². The normalized spacial score (nSPS) is 25.3. The number of aliphatic hydroxyl groups excluding tert-OH is 1. The molecule has 0 amide bonds. The minimum atomic E-state index is -0.223. The molecule has 1 saturated heterocycles. The summed E-state index contributed by atoms with van der Waals surface area (Å²) in [6.45, 7) is 2.48. The molecule has 1 saturated carbocycles. The minimum Gasteiger partial charge on any atom is -0.391 e. The van der Waals surface area contributed by atoms with Crippen LogP contribution in [0.15, 0.2) is 12.5 Å². The Morgan fingerprint density at radius 2 is 2.04 bits per heavy atom. The van der Waals surface area contributed by atoms with Crippen LogP contribution in [0.1, 0.15) is 37.7 Å². The molecule has 1 aliphatic heterocycles. The quantitative estimate of drug-likeness (QED) is 0.719. The SMILES string of the molecule is Nc1ncnc2c(CN3CC(O)C(CSCC4CCCCC4)C3)c[nH]c12. The van der Waals surface area contributed by atoms with Crippen molar-refractivity contribution >= 4 is 28.6 Å². The highest BCUT2D eigenvalue weighted by molar-refractivity contribution is 7.99. The number of hydrogen-bond donors (Lipinski definition) is 3. The van der Waals surface area contributed by atoms with Gasteiger partial charge < -0.3 is 15.8 Å². The topological polar surface area (TPSA) is 91.1 Å². The lowest BCUT2D eigenvalue weighted by Gasteiger charge is -2.22. The first kappa shape index (κ1) is 18.1. The first-order valence-corrected chi connectivity index (χ1v) is 10.9. The number of fused-ring (bicyclic) bond motifs is 1. The number of hydrogen-bond acceptors (Lipinski definition) is 6. The molecule has 7 heteroatoms. The second-order valence-electron chi connectivity index (χ2n) is 7.86. The average Bonchev–Trinajstić information content (AvgIpc) is 3.21. The summed E-state index contributed by atoms with van der Waals surface area (Å²) >= 11 is 2.05. The molecule has 3 heterocycles. The minimum absolute atomic E-state index is 0.223. The summed E-state index contributed by atoms with van der Waals surface area (Å²) in [7, 11) is 0. The van der Waals surface area contributed by atoms with Crippen molar-refractivity contribution in [3.8, 4) is 0 Å². The van der Waals surface area contributed by atoms with E-state index in [1.54, 1.807) is 0 Å². The van der Waals surface area contributed by atoms with E-state index in [-0.39, 0.29) is 6.10 Å². The smallest absolute Gasteiger partial charge is 0.151 e. The van der Waals surface area contributed by atoms with Crippen LogP contribution in [0.3, 0.4) is 0 Å². The first-order chi connectivity index (χ1) is 12.7. The molecule has 0 spiro atoms. The number of aromatic nitrogens is 3. The molecule has 2 aromatic rings. The van der Waals surface area contributed by atoms with Crippen molar-refractivity contribution in [3.63, 3.8) is 0 Å². The van der Waals surface area contributed by atoms with Crippen molar-refractivity contribution in [1.82, 2.24) is 19.9 Å². The average molecular weight is 376 g/mol. The van der Waals surface area contributed by atoms with E-state index < -0.39 is 0 Å². The number of β-amino-alcohol motifs (C(OH)–C–C–N with tert-alkyl or cyclic N) is 1. The van der Waals surface area contributed by atoms with Crippen LogP contribution < -0.4 is 5.73 Å². The highest BCUT2D eigenvalue weighted by Gasteiger charge is 2.31. The van der Waals surface area contributed by atoms with E-state index in [9.17, 15) is 5.11 Å². The van der Waals surface area contributed by atoms with Gasteiger partial charge in [-0.05, 0) is 30.3 Å². The van der Waals surface area contributed by atoms with Crippen molar-refractivity contribution in [2.75, 3.05) is 30.3 Å². The molecule has 2 aromatic heterocycles. The van der Waals surface area contributed by atoms with Gasteiger partial charge in [-0.1, -0.05) is 19.3 Å². The molecule has 4 rings (SSSR count). The van der Waals surface area contributed by atoms with Gasteiger partial charge in [0.15, 0.2) is 5.82 Å². The molecule has 2 atom stereocenters. The summed E-state index contributed by atoms with van der Waals surface area (Å²) in [4.78, 5) is 13.9. The zero-order chi connectivity index (χ0) is 17.9. The molecule has 0 radical (unpaired) electrons. The molecule has 1 aliphatic carbocycles. The van der Waals surface area contributed by atoms with Crippen LogP contribution in [0.5, 0.6) is 0 Å². The Hall–Kier alpha value is -1.31. The third-order valence-electron chi connectivity index (χ3n) is 5.86. The summed E-state index contributed by atoms with van der Waals surface area (Å²) in [6.07, 6.45) is 10.3. The van der Waals surface area contributed by atoms with Crippen LogP contribution in [-0.2, 0) is 6.54 Å². The summed E-state index contributed by atoms with van der Waals surface area (Å²) in [6, 6.07) is 0. The number of aromatic amines is 1. The zero-order valence-corrected chi connectivity index (χ0v) is 16.0. The van der Waals surface area contributed by atoms with Gasteiger partial charge in [-0.3, -0.25) is 4.90 Å². The maximum absolute atomic E-state index is 10.5. The van der Waals surface area contributed by atoms with Crippen molar-refractivity contribution < 1.29 is 5.11 Å². The number of anilines is 1. The molecule has 2 aliphatic rings. The fraction of sp³-hybridized carbons (Fsp3) is 0.684. The number of nitrogens with one attached hydrogen (secondary N) is 1. The standard InChI is InChI=1S/C19H29N5OS/c20-19-18-17(22-12-23-19)14(6-21-18)7-24-8-15(16(25)9-24)11-26-10-13-4-2-1-3-5-13/h6,12-13,15-16,21,25H,1-5,7-11H2,(H2,20,22,23). The number of aliphatic hydroxyl groups is 1. The van der Waals surface area contributed by atoms with Crippen molar-refractivity contribution in [3.05, 3.63) is 18.1 Å². The van der Waals surface area contributed by atoms with E-state index in [4.69, 9.17) is 5.73 Å². The summed E-state index contributed by atoms with van der Waals surface area (Å²) in [5.74, 6) is 4.09. The Labute approximate surface area is 159 Å². The summed E-state index contributed by atoms with van der Waals surface area (Å²) in [5, 5.41) is 10.5. The van der Waals surface area contributed by atoms with E-state index in [0.717, 1.165) is 47.9 Å². The number of thioether (sulfide) groups is 1. The highest BCUT2D eigenvalue weighted by Crippen LogP contribution is 2.30. The Morgan fingerprint density at radius 1 is 1.19 bits per heavy atom. The predicted octanol–water partition coefficient (Wildman–Crippen LogP) is 2.65. The molecular weight excluding hydrogens is 346 g/mol. The van der Waals surface area contributed by atoms with Crippen molar-refractivity contribution in [2.45, 2.75) is 44.8 Å². The van der Waals surface area contributed by atoms with Gasteiger partial charge in [-0.25, -0.2) is 9.97 Å². The van der Waals surface area contributed by atoms with Crippen LogP contribution >= 0.6 is 11.8 Å². The Morgan fingerprint density at radius 3 is 2.88 bits per heavy atom. The lowest BCUT2D eigenvalue weighted by atomic mass is 9.91. The van der Waals surface area contributed by atoms with Crippen molar-refractivity contribution in [2.24, 2.45) is 11.8 Å². The molecule has 2 unspecified atom stereocenters. The number of likely N-dealkylation sites (tertiary alicyclic amines) is 1. The van der Waals surface area contributed by atoms with Gasteiger partial charge in [0.1, 0.15) is 11.8 Å². The van der Waals surface area contributed by atoms with Crippen LogP contribution in [0.25, 0.3) is 11.0 Å². The van der Waals surface area contributed by atoms with Gasteiger partial charge >= 0.3 is 0 Å². The zero-order valence-electron chi connectivity index (χ0n) is 15.2. The highest BCUT2D eigenvalue weighted by atomic mass is 32.2. The van der Waals surface area contributed by atoms with Gasteiger partial charge in [0.05, 0.1) is 11.6 Å². The van der Waals surface area contributed by atoms with Gasteiger partial charge in [-0.15, -0.1) is 0 Å². The molecule has 4 N–H and O–H groups in total.